The van der Waals surface area contributed by atoms with Crippen molar-refractivity contribution in [1.29, 1.82) is 0 Å². The SMILES string of the molecule is COc1ccc(-c2[nH]ncc2CN2CCc3nc(N)[nH]c(=O)c3C2)cc1. The molecule has 4 N–H and O–H groups in total. The smallest absolute Gasteiger partial charge is 0.257 e. The Hall–Kier alpha value is -3.13. The summed E-state index contributed by atoms with van der Waals surface area (Å²) in [6, 6.07) is 7.84. The van der Waals surface area contributed by atoms with E-state index >= 15 is 0 Å². The zero-order valence-corrected chi connectivity index (χ0v) is 14.5. The molecule has 8 heteroatoms. The molecule has 0 amide bonds. The van der Waals surface area contributed by atoms with Crippen LogP contribution in [0.2, 0.25) is 0 Å². The summed E-state index contributed by atoms with van der Waals surface area (Å²) >= 11 is 0. The first-order valence-electron chi connectivity index (χ1n) is 8.40. The van der Waals surface area contributed by atoms with Gasteiger partial charge in [0.25, 0.3) is 5.56 Å². The molecule has 8 nitrogen and oxygen atoms in total. The van der Waals surface area contributed by atoms with Gasteiger partial charge in [0.05, 0.1) is 30.3 Å². The first-order chi connectivity index (χ1) is 12.6. The Morgan fingerprint density at radius 3 is 2.88 bits per heavy atom. The van der Waals surface area contributed by atoms with E-state index < -0.39 is 0 Å². The van der Waals surface area contributed by atoms with Gasteiger partial charge < -0.3 is 10.5 Å². The van der Waals surface area contributed by atoms with E-state index in [1.165, 1.54) is 0 Å². The van der Waals surface area contributed by atoms with E-state index in [4.69, 9.17) is 10.5 Å². The molecular formula is C18H20N6O2. The summed E-state index contributed by atoms with van der Waals surface area (Å²) in [5.41, 5.74) is 10.1. The number of fused-ring (bicyclic) bond motifs is 1. The molecule has 0 bridgehead atoms. The molecule has 0 aliphatic carbocycles. The number of rotatable bonds is 4. The molecule has 3 heterocycles. The molecule has 1 aliphatic heterocycles. The molecule has 0 radical (unpaired) electrons. The van der Waals surface area contributed by atoms with Gasteiger partial charge in [-0.05, 0) is 24.3 Å². The fourth-order valence-corrected chi connectivity index (χ4v) is 3.31. The van der Waals surface area contributed by atoms with Crippen LogP contribution in [0.3, 0.4) is 0 Å². The molecule has 4 rings (SSSR count). The van der Waals surface area contributed by atoms with Crippen molar-refractivity contribution in [2.75, 3.05) is 19.4 Å². The molecular weight excluding hydrogens is 332 g/mol. The minimum atomic E-state index is -0.153. The molecule has 26 heavy (non-hydrogen) atoms. The van der Waals surface area contributed by atoms with E-state index in [0.717, 1.165) is 34.8 Å². The Labute approximate surface area is 150 Å². The maximum atomic E-state index is 12.1. The average molecular weight is 352 g/mol. The number of anilines is 1. The molecule has 1 aromatic carbocycles. The minimum Gasteiger partial charge on any atom is -0.497 e. The van der Waals surface area contributed by atoms with Crippen LogP contribution in [0.4, 0.5) is 5.95 Å². The van der Waals surface area contributed by atoms with E-state index in [0.29, 0.717) is 25.1 Å². The number of nitrogens with two attached hydrogens (primary N) is 1. The predicted octanol–water partition coefficient (Wildman–Crippen LogP) is 1.31. The Morgan fingerprint density at radius 1 is 1.31 bits per heavy atom. The summed E-state index contributed by atoms with van der Waals surface area (Å²) in [7, 11) is 1.65. The molecule has 0 saturated heterocycles. The third-order valence-electron chi connectivity index (χ3n) is 4.66. The van der Waals surface area contributed by atoms with Crippen LogP contribution >= 0.6 is 0 Å². The molecule has 0 spiro atoms. The standard InChI is InChI=1S/C18H20N6O2/c1-26-13-4-2-11(3-5-13)16-12(8-20-23-16)9-24-7-6-15-14(10-24)17(25)22-18(19)21-15/h2-5,8H,6-7,9-10H2,1H3,(H,20,23)(H3,19,21,22,25). The number of nitrogens with one attached hydrogen (secondary N) is 2. The van der Waals surface area contributed by atoms with Crippen LogP contribution in [0.5, 0.6) is 5.75 Å². The third kappa shape index (κ3) is 3.06. The lowest BCUT2D eigenvalue weighted by atomic mass is 10.0. The highest BCUT2D eigenvalue weighted by atomic mass is 16.5. The molecule has 0 fully saturated rings. The monoisotopic (exact) mass is 352 g/mol. The van der Waals surface area contributed by atoms with E-state index in [1.54, 1.807) is 7.11 Å². The second kappa shape index (κ2) is 6.64. The maximum Gasteiger partial charge on any atom is 0.257 e. The first-order valence-corrected chi connectivity index (χ1v) is 8.40. The second-order valence-electron chi connectivity index (χ2n) is 6.34. The maximum absolute atomic E-state index is 12.1. The number of H-pyrrole nitrogens is 2. The highest BCUT2D eigenvalue weighted by molar-refractivity contribution is 5.63. The average Bonchev–Trinajstić information content (AvgIpc) is 3.10. The summed E-state index contributed by atoms with van der Waals surface area (Å²) in [4.78, 5) is 21.2. The summed E-state index contributed by atoms with van der Waals surface area (Å²) in [5.74, 6) is 0.993. The van der Waals surface area contributed by atoms with Gasteiger partial charge >= 0.3 is 0 Å². The minimum absolute atomic E-state index is 0.153. The summed E-state index contributed by atoms with van der Waals surface area (Å²) < 4.78 is 5.21. The first kappa shape index (κ1) is 16.3. The lowest BCUT2D eigenvalue weighted by Crippen LogP contribution is -2.35. The quantitative estimate of drug-likeness (QED) is 0.652. The Balaban J connectivity index is 1.55. The van der Waals surface area contributed by atoms with Gasteiger partial charge in [0.15, 0.2) is 0 Å². The Kier molecular flexibility index (Phi) is 4.18. The largest absolute Gasteiger partial charge is 0.497 e. The van der Waals surface area contributed by atoms with Crippen LogP contribution in [-0.2, 0) is 19.5 Å². The molecule has 0 atom stereocenters. The predicted molar refractivity (Wildman–Crippen MR) is 97.7 cm³/mol. The summed E-state index contributed by atoms with van der Waals surface area (Å²) in [5, 5.41) is 7.27. The van der Waals surface area contributed by atoms with Gasteiger partial charge in [0.1, 0.15) is 5.75 Å². The number of nitrogen functional groups attached to an aromatic ring is 1. The molecule has 0 saturated carbocycles. The number of nitrogens with zero attached hydrogens (tertiary/aromatic N) is 3. The highest BCUT2D eigenvalue weighted by Gasteiger charge is 2.22. The Morgan fingerprint density at radius 2 is 2.12 bits per heavy atom. The van der Waals surface area contributed by atoms with Gasteiger partial charge in [-0.1, -0.05) is 0 Å². The number of hydrogen-bond donors (Lipinski definition) is 3. The van der Waals surface area contributed by atoms with Crippen molar-refractivity contribution in [2.45, 2.75) is 19.5 Å². The topological polar surface area (TPSA) is 113 Å². The van der Waals surface area contributed by atoms with E-state index in [-0.39, 0.29) is 11.5 Å². The van der Waals surface area contributed by atoms with Crippen molar-refractivity contribution >= 4 is 5.95 Å². The van der Waals surface area contributed by atoms with Crippen molar-refractivity contribution in [3.8, 4) is 17.0 Å². The molecule has 3 aromatic rings. The third-order valence-corrected chi connectivity index (χ3v) is 4.66. The van der Waals surface area contributed by atoms with Crippen LogP contribution in [-0.4, -0.2) is 38.7 Å². The Bertz CT molecular complexity index is 976. The summed E-state index contributed by atoms with van der Waals surface area (Å²) in [6.07, 6.45) is 2.54. The van der Waals surface area contributed by atoms with Crippen molar-refractivity contribution in [2.24, 2.45) is 0 Å². The highest BCUT2D eigenvalue weighted by Crippen LogP contribution is 2.26. The fraction of sp³-hybridized carbons (Fsp3) is 0.278. The zero-order chi connectivity index (χ0) is 18.1. The molecule has 134 valence electrons. The van der Waals surface area contributed by atoms with E-state index in [1.807, 2.05) is 30.5 Å². The number of benzene rings is 1. The summed E-state index contributed by atoms with van der Waals surface area (Å²) in [6.45, 7) is 2.06. The number of ether oxygens (including phenoxy) is 1. The molecule has 2 aromatic heterocycles. The van der Waals surface area contributed by atoms with Gasteiger partial charge in [0.2, 0.25) is 5.95 Å². The lowest BCUT2D eigenvalue weighted by molar-refractivity contribution is 0.242. The van der Waals surface area contributed by atoms with Crippen LogP contribution in [0.25, 0.3) is 11.3 Å². The van der Waals surface area contributed by atoms with Crippen molar-refractivity contribution < 1.29 is 4.74 Å². The van der Waals surface area contributed by atoms with E-state index in [9.17, 15) is 4.79 Å². The van der Waals surface area contributed by atoms with Gasteiger partial charge in [-0.25, -0.2) is 4.98 Å². The van der Waals surface area contributed by atoms with Crippen molar-refractivity contribution in [3.63, 3.8) is 0 Å². The van der Waals surface area contributed by atoms with Crippen LogP contribution in [0.1, 0.15) is 16.8 Å². The van der Waals surface area contributed by atoms with Crippen LogP contribution in [0.15, 0.2) is 35.3 Å². The molecule has 0 unspecified atom stereocenters. The van der Waals surface area contributed by atoms with E-state index in [2.05, 4.69) is 25.1 Å². The zero-order valence-electron chi connectivity index (χ0n) is 14.5. The van der Waals surface area contributed by atoms with Gasteiger partial charge in [-0.2, -0.15) is 5.10 Å². The molecule has 1 aliphatic rings. The van der Waals surface area contributed by atoms with Gasteiger partial charge in [0, 0.05) is 37.2 Å². The number of hydrogen-bond acceptors (Lipinski definition) is 6. The number of methoxy groups -OCH3 is 1. The number of aromatic nitrogens is 4. The fourth-order valence-electron chi connectivity index (χ4n) is 3.31. The normalized spacial score (nSPS) is 14.2. The second-order valence-corrected chi connectivity index (χ2v) is 6.34. The van der Waals surface area contributed by atoms with Gasteiger partial charge in [-0.15, -0.1) is 0 Å². The van der Waals surface area contributed by atoms with Crippen molar-refractivity contribution in [1.82, 2.24) is 25.1 Å². The lowest BCUT2D eigenvalue weighted by Gasteiger charge is -2.27. The number of aromatic amines is 2. The van der Waals surface area contributed by atoms with Crippen LogP contribution in [0, 0.1) is 0 Å². The van der Waals surface area contributed by atoms with Gasteiger partial charge in [-0.3, -0.25) is 19.8 Å². The van der Waals surface area contributed by atoms with Crippen LogP contribution < -0.4 is 16.0 Å². The van der Waals surface area contributed by atoms with Crippen molar-refractivity contribution in [3.05, 3.63) is 57.6 Å².